The van der Waals surface area contributed by atoms with E-state index >= 15 is 0 Å². The van der Waals surface area contributed by atoms with E-state index in [1.54, 1.807) is 24.3 Å². The molecule has 1 aliphatic rings. The summed E-state index contributed by atoms with van der Waals surface area (Å²) in [4.78, 5) is 39.6. The van der Waals surface area contributed by atoms with Gasteiger partial charge in [0.15, 0.2) is 6.61 Å². The number of nitrogens with zero attached hydrogens (tertiary/aromatic N) is 3. The predicted molar refractivity (Wildman–Crippen MR) is 106 cm³/mol. The van der Waals surface area contributed by atoms with Crippen molar-refractivity contribution in [2.45, 2.75) is 6.42 Å². The number of esters is 1. The minimum atomic E-state index is -0.773. The molecule has 0 N–H and O–H groups in total. The first-order chi connectivity index (χ1) is 14.4. The maximum atomic E-state index is 13.1. The lowest BCUT2D eigenvalue weighted by atomic mass is 10.1. The number of carbonyl (C=O) groups is 3. The number of anilines is 1. The van der Waals surface area contributed by atoms with Crippen molar-refractivity contribution in [1.82, 2.24) is 4.90 Å². The minimum absolute atomic E-state index is 0.0530. The zero-order valence-electron chi connectivity index (χ0n) is 16.0. The lowest BCUT2D eigenvalue weighted by Crippen LogP contribution is -2.37. The third-order valence-electron chi connectivity index (χ3n) is 4.57. The van der Waals surface area contributed by atoms with Crippen molar-refractivity contribution in [3.05, 3.63) is 72.1 Å². The van der Waals surface area contributed by atoms with Gasteiger partial charge in [0.05, 0.1) is 12.5 Å². The van der Waals surface area contributed by atoms with Gasteiger partial charge in [-0.2, -0.15) is 5.26 Å². The first-order valence-electron chi connectivity index (χ1n) is 9.11. The Balaban J connectivity index is 1.61. The minimum Gasteiger partial charge on any atom is -0.454 e. The Morgan fingerprint density at radius 3 is 2.43 bits per heavy atom. The Bertz CT molecular complexity index is 1010. The van der Waals surface area contributed by atoms with Crippen LogP contribution in [-0.2, 0) is 14.3 Å². The molecule has 2 aromatic carbocycles. The number of benzene rings is 2. The van der Waals surface area contributed by atoms with Gasteiger partial charge in [0, 0.05) is 29.1 Å². The van der Waals surface area contributed by atoms with Crippen molar-refractivity contribution in [3.63, 3.8) is 0 Å². The van der Waals surface area contributed by atoms with Gasteiger partial charge in [0.25, 0.3) is 11.8 Å². The average Bonchev–Trinajstić information content (AvgIpc) is 2.99. The number of carbonyl (C=O) groups excluding carboxylic acids is 3. The van der Waals surface area contributed by atoms with Crippen molar-refractivity contribution >= 4 is 29.2 Å². The Hall–Kier alpha value is -3.99. The van der Waals surface area contributed by atoms with E-state index in [2.05, 4.69) is 6.58 Å². The van der Waals surface area contributed by atoms with Crippen LogP contribution in [0.25, 0.3) is 5.70 Å². The van der Waals surface area contributed by atoms with Crippen molar-refractivity contribution in [2.75, 3.05) is 24.6 Å². The van der Waals surface area contributed by atoms with E-state index in [4.69, 9.17) is 10.00 Å². The van der Waals surface area contributed by atoms with E-state index in [-0.39, 0.29) is 25.4 Å². The van der Waals surface area contributed by atoms with Crippen molar-refractivity contribution in [1.29, 1.82) is 5.26 Å². The summed E-state index contributed by atoms with van der Waals surface area (Å²) in [5, 5.41) is 8.81. The monoisotopic (exact) mass is 407 g/mol. The van der Waals surface area contributed by atoms with Gasteiger partial charge in [-0.3, -0.25) is 19.3 Å². The smallest absolute Gasteiger partial charge is 0.326 e. The fourth-order valence-corrected chi connectivity index (χ4v) is 3.08. The van der Waals surface area contributed by atoms with Gasteiger partial charge >= 0.3 is 5.97 Å². The number of rotatable bonds is 7. The van der Waals surface area contributed by atoms with E-state index in [0.717, 1.165) is 0 Å². The quantitative estimate of drug-likeness (QED) is 0.659. The summed E-state index contributed by atoms with van der Waals surface area (Å²) in [6.45, 7) is 2.95. The lowest BCUT2D eigenvalue weighted by Gasteiger charge is -2.22. The Kier molecular flexibility index (Phi) is 6.23. The predicted octanol–water partition coefficient (Wildman–Crippen LogP) is 2.74. The second-order valence-electron chi connectivity index (χ2n) is 6.47. The highest BCUT2D eigenvalue weighted by molar-refractivity contribution is 6.10. The Morgan fingerprint density at radius 1 is 1.13 bits per heavy atom. The molecular formula is C22H18FN3O4. The summed E-state index contributed by atoms with van der Waals surface area (Å²) >= 11 is 0. The SMILES string of the molecule is C=C1c2ccccc2C(=O)N1CC(=O)OCC(=O)N(CCC#N)c1ccc(F)cc1. The van der Waals surface area contributed by atoms with E-state index in [0.29, 0.717) is 22.5 Å². The van der Waals surface area contributed by atoms with Crippen LogP contribution in [0.2, 0.25) is 0 Å². The third-order valence-corrected chi connectivity index (χ3v) is 4.57. The largest absolute Gasteiger partial charge is 0.454 e. The average molecular weight is 407 g/mol. The molecule has 0 spiro atoms. The molecule has 0 radical (unpaired) electrons. The lowest BCUT2D eigenvalue weighted by molar-refractivity contribution is -0.147. The molecule has 152 valence electrons. The fourth-order valence-electron chi connectivity index (χ4n) is 3.08. The van der Waals surface area contributed by atoms with Crippen LogP contribution in [-0.4, -0.2) is 42.4 Å². The standard InChI is InChI=1S/C22H18FN3O4/c1-15-18-5-2-3-6-19(18)22(29)26(15)13-21(28)30-14-20(27)25(12-4-11-24)17-9-7-16(23)8-10-17/h2-3,5-10H,1,4,12-14H2. The summed E-state index contributed by atoms with van der Waals surface area (Å²) in [6, 6.07) is 14.0. The Morgan fingerprint density at radius 2 is 1.80 bits per heavy atom. The summed E-state index contributed by atoms with van der Waals surface area (Å²) in [5.74, 6) is -2.17. The number of nitriles is 1. The molecule has 0 saturated heterocycles. The van der Waals surface area contributed by atoms with Crippen LogP contribution in [0.15, 0.2) is 55.1 Å². The van der Waals surface area contributed by atoms with Crippen LogP contribution < -0.4 is 4.90 Å². The first-order valence-corrected chi connectivity index (χ1v) is 9.11. The molecular weight excluding hydrogens is 389 g/mol. The van der Waals surface area contributed by atoms with Crippen molar-refractivity contribution in [3.8, 4) is 6.07 Å². The van der Waals surface area contributed by atoms with Crippen LogP contribution in [0.4, 0.5) is 10.1 Å². The van der Waals surface area contributed by atoms with Gasteiger partial charge in [-0.15, -0.1) is 0 Å². The first kappa shape index (κ1) is 20.7. The van der Waals surface area contributed by atoms with Gasteiger partial charge in [-0.25, -0.2) is 4.39 Å². The maximum absolute atomic E-state index is 13.1. The van der Waals surface area contributed by atoms with Crippen LogP contribution in [0.3, 0.4) is 0 Å². The normalized spacial score (nSPS) is 12.3. The molecule has 0 aromatic heterocycles. The van der Waals surface area contributed by atoms with Gasteiger partial charge < -0.3 is 9.64 Å². The summed E-state index contributed by atoms with van der Waals surface area (Å²) in [6.07, 6.45) is 0.0530. The summed E-state index contributed by atoms with van der Waals surface area (Å²) in [7, 11) is 0. The zero-order chi connectivity index (χ0) is 21.7. The second kappa shape index (κ2) is 9.01. The van der Waals surface area contributed by atoms with Crippen LogP contribution in [0, 0.1) is 17.1 Å². The fraction of sp³-hybridized carbons (Fsp3) is 0.182. The van der Waals surface area contributed by atoms with E-state index in [1.165, 1.54) is 34.1 Å². The topological polar surface area (TPSA) is 90.7 Å². The highest BCUT2D eigenvalue weighted by Crippen LogP contribution is 2.30. The van der Waals surface area contributed by atoms with E-state index in [9.17, 15) is 18.8 Å². The molecule has 3 rings (SSSR count). The number of hydrogen-bond donors (Lipinski definition) is 0. The van der Waals surface area contributed by atoms with E-state index in [1.807, 2.05) is 6.07 Å². The molecule has 1 heterocycles. The van der Waals surface area contributed by atoms with Gasteiger partial charge in [-0.05, 0) is 30.3 Å². The molecule has 0 bridgehead atoms. The highest BCUT2D eigenvalue weighted by Gasteiger charge is 2.32. The summed E-state index contributed by atoms with van der Waals surface area (Å²) < 4.78 is 18.2. The molecule has 0 atom stereocenters. The molecule has 7 nitrogen and oxygen atoms in total. The molecule has 30 heavy (non-hydrogen) atoms. The van der Waals surface area contributed by atoms with E-state index < -0.39 is 24.3 Å². The summed E-state index contributed by atoms with van der Waals surface area (Å²) in [5.41, 5.74) is 1.86. The zero-order valence-corrected chi connectivity index (χ0v) is 16.0. The third kappa shape index (κ3) is 4.36. The molecule has 1 aliphatic heterocycles. The molecule has 0 aliphatic carbocycles. The number of ether oxygens (including phenoxy) is 1. The van der Waals surface area contributed by atoms with Crippen molar-refractivity contribution < 1.29 is 23.5 Å². The highest BCUT2D eigenvalue weighted by atomic mass is 19.1. The number of halogens is 1. The van der Waals surface area contributed by atoms with Gasteiger partial charge in [-0.1, -0.05) is 24.8 Å². The van der Waals surface area contributed by atoms with Gasteiger partial charge in [0.1, 0.15) is 12.4 Å². The van der Waals surface area contributed by atoms with Crippen molar-refractivity contribution in [2.24, 2.45) is 0 Å². The Labute approximate surface area is 172 Å². The maximum Gasteiger partial charge on any atom is 0.326 e. The molecule has 0 fully saturated rings. The second-order valence-corrected chi connectivity index (χ2v) is 6.47. The van der Waals surface area contributed by atoms with Crippen LogP contribution in [0.1, 0.15) is 22.3 Å². The van der Waals surface area contributed by atoms with Crippen LogP contribution >= 0.6 is 0 Å². The van der Waals surface area contributed by atoms with Gasteiger partial charge in [0.2, 0.25) is 0 Å². The molecule has 0 saturated carbocycles. The van der Waals surface area contributed by atoms with Crippen LogP contribution in [0.5, 0.6) is 0 Å². The molecule has 2 amide bonds. The molecule has 0 unspecified atom stereocenters. The number of fused-ring (bicyclic) bond motifs is 1. The molecule has 2 aromatic rings. The molecule has 8 heteroatoms. The number of hydrogen-bond acceptors (Lipinski definition) is 5. The number of amides is 2.